The van der Waals surface area contributed by atoms with Crippen molar-refractivity contribution in [1.82, 2.24) is 9.88 Å². The molecule has 2 aromatic carbocycles. The average Bonchev–Trinajstić information content (AvgIpc) is 3.39. The van der Waals surface area contributed by atoms with Crippen LogP contribution in [0.5, 0.6) is 0 Å². The Labute approximate surface area is 198 Å². The minimum Gasteiger partial charge on any atom is -0.443 e. The summed E-state index contributed by atoms with van der Waals surface area (Å²) in [6.07, 6.45) is -0.386. The number of anilines is 2. The Morgan fingerprint density at radius 3 is 2.85 bits per heavy atom. The maximum atomic E-state index is 14.4. The van der Waals surface area contributed by atoms with Crippen molar-refractivity contribution in [3.8, 4) is 0 Å². The highest BCUT2D eigenvalue weighted by molar-refractivity contribution is 8.00. The summed E-state index contributed by atoms with van der Waals surface area (Å²) in [7, 11) is 0. The number of nitrogens with one attached hydrogen (secondary N) is 2. The van der Waals surface area contributed by atoms with Crippen LogP contribution in [0, 0.1) is 5.82 Å². The Morgan fingerprint density at radius 1 is 1.12 bits per heavy atom. The summed E-state index contributed by atoms with van der Waals surface area (Å²) in [6, 6.07) is 11.7. The van der Waals surface area contributed by atoms with Crippen LogP contribution < -0.4 is 21.1 Å². The van der Waals surface area contributed by atoms with Crippen LogP contribution in [-0.4, -0.2) is 48.1 Å². The molecule has 4 heterocycles. The van der Waals surface area contributed by atoms with Gasteiger partial charge < -0.3 is 19.9 Å². The van der Waals surface area contributed by atoms with Gasteiger partial charge in [0.25, 0.3) is 5.56 Å². The van der Waals surface area contributed by atoms with Gasteiger partial charge in [0.15, 0.2) is 0 Å². The lowest BCUT2D eigenvalue weighted by Crippen LogP contribution is -2.36. The molecule has 34 heavy (non-hydrogen) atoms. The van der Waals surface area contributed by atoms with Crippen LogP contribution in [0.4, 0.5) is 20.6 Å². The molecule has 0 saturated carbocycles. The van der Waals surface area contributed by atoms with Gasteiger partial charge in [0, 0.05) is 35.3 Å². The number of ether oxygens (including phenoxy) is 1. The van der Waals surface area contributed by atoms with Crippen LogP contribution in [0.3, 0.4) is 0 Å². The lowest BCUT2D eigenvalue weighted by atomic mass is 10.1. The van der Waals surface area contributed by atoms with E-state index in [1.807, 2.05) is 12.1 Å². The second-order valence-corrected chi connectivity index (χ2v) is 9.67. The molecule has 2 N–H and O–H groups in total. The molecule has 3 aliphatic heterocycles. The molecule has 0 spiro atoms. The monoisotopic (exact) mass is 480 g/mol. The van der Waals surface area contributed by atoms with E-state index in [1.54, 1.807) is 27.7 Å². The van der Waals surface area contributed by atoms with E-state index in [0.29, 0.717) is 54.3 Å². The molecule has 2 atom stereocenters. The lowest BCUT2D eigenvalue weighted by molar-refractivity contribution is -0.113. The van der Waals surface area contributed by atoms with Crippen molar-refractivity contribution < 1.29 is 18.7 Å². The molecule has 0 radical (unpaired) electrons. The number of carbonyl (C=O) groups is 2. The molecule has 8 nitrogen and oxygen atoms in total. The molecule has 10 heteroatoms. The summed E-state index contributed by atoms with van der Waals surface area (Å²) in [5.41, 5.74) is 2.43. The van der Waals surface area contributed by atoms with E-state index in [0.717, 1.165) is 10.3 Å². The number of cyclic esters (lactones) is 1. The van der Waals surface area contributed by atoms with Crippen molar-refractivity contribution in [1.29, 1.82) is 0 Å². The molecule has 0 unspecified atom stereocenters. The van der Waals surface area contributed by atoms with Gasteiger partial charge in [-0.15, -0.1) is 11.8 Å². The summed E-state index contributed by atoms with van der Waals surface area (Å²) >= 11 is 1.46. The fraction of sp³-hybridized carbons (Fsp3) is 0.292. The number of hydrogen-bond acceptors (Lipinski definition) is 6. The third-order valence-corrected chi connectivity index (χ3v) is 7.55. The number of fused-ring (bicyclic) bond motifs is 1. The Balaban J connectivity index is 1.12. The number of amides is 2. The third-order valence-electron chi connectivity index (χ3n) is 6.48. The van der Waals surface area contributed by atoms with Gasteiger partial charge in [-0.3, -0.25) is 14.5 Å². The average molecular weight is 481 g/mol. The first-order valence-corrected chi connectivity index (χ1v) is 12.0. The molecule has 0 bridgehead atoms. The number of rotatable bonds is 5. The highest BCUT2D eigenvalue weighted by atomic mass is 32.2. The van der Waals surface area contributed by atoms with Gasteiger partial charge in [0.2, 0.25) is 5.91 Å². The number of carbonyl (C=O) groups excluding carboxylic acids is 2. The van der Waals surface area contributed by atoms with Gasteiger partial charge in [0.05, 0.1) is 29.5 Å². The van der Waals surface area contributed by atoms with Gasteiger partial charge in [-0.1, -0.05) is 0 Å². The standard InChI is InChI=1S/C24H21FN4O4S/c25-18-4-1-13-2-6-22(31)29-15(7-17(18)23(13)29)9-26-10-16-11-28(24(32)33-16)14-3-5-20-19(8-14)27-21(30)12-34-20/h1-6,8,15-16,26H,7,9-12H2,(H,27,30)/t15-,16-/m1/s1. The van der Waals surface area contributed by atoms with E-state index < -0.39 is 6.09 Å². The smallest absolute Gasteiger partial charge is 0.414 e. The third kappa shape index (κ3) is 3.54. The van der Waals surface area contributed by atoms with Crippen molar-refractivity contribution in [2.45, 2.75) is 23.5 Å². The predicted molar refractivity (Wildman–Crippen MR) is 127 cm³/mol. The molecule has 1 fully saturated rings. The van der Waals surface area contributed by atoms with Crippen molar-refractivity contribution >= 4 is 46.0 Å². The zero-order chi connectivity index (χ0) is 23.4. The number of pyridine rings is 1. The zero-order valence-corrected chi connectivity index (χ0v) is 18.9. The van der Waals surface area contributed by atoms with E-state index in [4.69, 9.17) is 4.74 Å². The van der Waals surface area contributed by atoms with Crippen LogP contribution >= 0.6 is 11.8 Å². The van der Waals surface area contributed by atoms with Crippen molar-refractivity contribution in [3.63, 3.8) is 0 Å². The summed E-state index contributed by atoms with van der Waals surface area (Å²) in [5.74, 6) is 0.0179. The SMILES string of the molecule is O=C1CSc2ccc(N3C[C@@H](CNC[C@H]4Cc5c(F)ccc6ccc(=O)n4c56)OC3=O)cc2N1. The van der Waals surface area contributed by atoms with Gasteiger partial charge in [0.1, 0.15) is 11.9 Å². The Bertz CT molecular complexity index is 1410. The molecular weight excluding hydrogens is 459 g/mol. The number of benzene rings is 2. The first-order valence-electron chi connectivity index (χ1n) is 11.1. The molecular formula is C24H21FN4O4S. The first-order chi connectivity index (χ1) is 16.5. The highest BCUT2D eigenvalue weighted by Gasteiger charge is 2.33. The van der Waals surface area contributed by atoms with Gasteiger partial charge in [-0.05, 0) is 48.2 Å². The first kappa shape index (κ1) is 21.2. The topological polar surface area (TPSA) is 92.7 Å². The number of thioether (sulfide) groups is 1. The largest absolute Gasteiger partial charge is 0.443 e. The quantitative estimate of drug-likeness (QED) is 0.584. The maximum Gasteiger partial charge on any atom is 0.414 e. The van der Waals surface area contributed by atoms with Gasteiger partial charge in [-0.2, -0.15) is 0 Å². The predicted octanol–water partition coefficient (Wildman–Crippen LogP) is 2.90. The van der Waals surface area contributed by atoms with Crippen LogP contribution in [0.2, 0.25) is 0 Å². The maximum absolute atomic E-state index is 14.4. The molecule has 6 rings (SSSR count). The van der Waals surface area contributed by atoms with E-state index >= 15 is 0 Å². The fourth-order valence-corrected chi connectivity index (χ4v) is 5.72. The normalized spacial score (nSPS) is 21.0. The zero-order valence-electron chi connectivity index (χ0n) is 18.0. The second-order valence-electron chi connectivity index (χ2n) is 8.66. The second kappa shape index (κ2) is 8.14. The van der Waals surface area contributed by atoms with Crippen LogP contribution in [0.15, 0.2) is 52.2 Å². The lowest BCUT2D eigenvalue weighted by Gasteiger charge is -2.20. The summed E-state index contributed by atoms with van der Waals surface area (Å²) in [6.45, 7) is 1.21. The Kier molecular flexibility index (Phi) is 5.07. The van der Waals surface area contributed by atoms with Crippen LogP contribution in [0.1, 0.15) is 11.6 Å². The van der Waals surface area contributed by atoms with Crippen molar-refractivity contribution in [2.24, 2.45) is 0 Å². The van der Waals surface area contributed by atoms with E-state index in [2.05, 4.69) is 10.6 Å². The number of hydrogen-bond donors (Lipinski definition) is 2. The molecule has 3 aromatic rings. The molecule has 174 valence electrons. The number of halogens is 1. The van der Waals surface area contributed by atoms with E-state index in [-0.39, 0.29) is 29.4 Å². The molecule has 1 aromatic heterocycles. The van der Waals surface area contributed by atoms with E-state index in [1.165, 1.54) is 23.9 Å². The number of nitrogens with zero attached hydrogens (tertiary/aromatic N) is 2. The van der Waals surface area contributed by atoms with Gasteiger partial charge in [-0.25, -0.2) is 9.18 Å². The number of aromatic nitrogens is 1. The van der Waals surface area contributed by atoms with Crippen molar-refractivity contribution in [2.75, 3.05) is 35.6 Å². The Hall–Kier alpha value is -3.37. The van der Waals surface area contributed by atoms with Gasteiger partial charge >= 0.3 is 6.09 Å². The van der Waals surface area contributed by atoms with E-state index in [9.17, 15) is 18.8 Å². The molecule has 2 amide bonds. The summed E-state index contributed by atoms with van der Waals surface area (Å²) in [4.78, 5) is 39.2. The summed E-state index contributed by atoms with van der Waals surface area (Å²) in [5, 5.41) is 6.98. The minimum absolute atomic E-state index is 0.0653. The van der Waals surface area contributed by atoms with Crippen molar-refractivity contribution in [3.05, 3.63) is 64.2 Å². The molecule has 3 aliphatic rings. The Morgan fingerprint density at radius 2 is 1.97 bits per heavy atom. The highest BCUT2D eigenvalue weighted by Crippen LogP contribution is 2.36. The fourth-order valence-electron chi connectivity index (χ4n) is 4.94. The minimum atomic E-state index is -0.446. The van der Waals surface area contributed by atoms with Crippen LogP contribution in [-0.2, 0) is 16.0 Å². The summed E-state index contributed by atoms with van der Waals surface area (Å²) < 4.78 is 21.6. The molecule has 0 aliphatic carbocycles. The van der Waals surface area contributed by atoms with Crippen LogP contribution in [0.25, 0.3) is 10.9 Å². The molecule has 1 saturated heterocycles.